The SMILES string of the molecule is CCCC(=O)[C@H](CC(C)C)NC(=O)[C@@H]1CCCC1C(=O)COCCCC(=O)[C@H](Cc1ccc(/C(C)=N/OCCNC(=O)OCCOC)cc1)NC(=O)[C@@H](CCC(=O)O)CC(=O)[C@@H](CCC(=O)O)NC(=O)[C@@H](CCC(=O)O)CC(=O)[C@@H](CCC(=O)O)NC(=O)[C@@H](CCC(=O)O)CC(=O)[C@@H](CCCCNC(=O)CCCCCN1/C(=C/C=C/C=C/C=C/C2=[N+](CC)c3ccc(C)cc3C2(C)C)C(C)(C)c2cc(S(=O)(=O)O)ccc21)NC(C)=O. The molecule has 2 heterocycles. The Bertz CT molecular complexity index is 5540. The molecule has 1 unspecified atom stereocenters. The minimum absolute atomic E-state index is 0.0196. The van der Waals surface area contributed by atoms with E-state index in [9.17, 15) is 125 Å². The van der Waals surface area contributed by atoms with Gasteiger partial charge in [-0.15, -0.1) is 0 Å². The van der Waals surface area contributed by atoms with E-state index >= 15 is 0 Å². The summed E-state index contributed by atoms with van der Waals surface area (Å²) in [6.07, 6.45) is 7.68. The third kappa shape index (κ3) is 42.0. The van der Waals surface area contributed by atoms with Crippen LogP contribution in [0.3, 0.4) is 0 Å². The van der Waals surface area contributed by atoms with E-state index < -0.39 is 254 Å². The van der Waals surface area contributed by atoms with Gasteiger partial charge >= 0.3 is 35.9 Å². The number of alkyl carbamates (subject to hydrolysis) is 1. The van der Waals surface area contributed by atoms with Gasteiger partial charge in [0.15, 0.2) is 40.4 Å². The van der Waals surface area contributed by atoms with E-state index in [1.807, 2.05) is 71.1 Å². The average Bonchev–Trinajstić information content (AvgIpc) is 1.59. The Morgan fingerprint density at radius 3 is 1.64 bits per heavy atom. The molecule has 10 atom stereocenters. The minimum Gasteiger partial charge on any atom is -0.481 e. The number of rotatable bonds is 73. The van der Waals surface area contributed by atoms with Crippen molar-refractivity contribution in [3.05, 3.63) is 137 Å². The fourth-order valence-corrected chi connectivity index (χ4v) is 19.2. The molecule has 7 amide bonds. The second-order valence-electron chi connectivity index (χ2n) is 39.8. The Morgan fingerprint density at radius 2 is 1.09 bits per heavy atom. The number of methoxy groups -OCH3 is 1. The van der Waals surface area contributed by atoms with Gasteiger partial charge in [-0.2, -0.15) is 13.0 Å². The number of allylic oxidation sites excluding steroid dienone is 8. The highest BCUT2D eigenvalue weighted by Gasteiger charge is 2.46. The molecule has 2 aliphatic heterocycles. The molecule has 0 spiro atoms. The molecule has 3 aromatic carbocycles. The van der Waals surface area contributed by atoms with E-state index in [2.05, 4.69) is 104 Å². The molecule has 824 valence electrons. The molecule has 0 radical (unpaired) electrons. The van der Waals surface area contributed by atoms with Crippen molar-refractivity contribution >= 4 is 139 Å². The lowest BCUT2D eigenvalue weighted by Gasteiger charge is -2.27. The third-order valence-electron chi connectivity index (χ3n) is 26.9. The molecule has 40 nitrogen and oxygen atoms in total. The maximum absolute atomic E-state index is 14.8. The van der Waals surface area contributed by atoms with Gasteiger partial charge < -0.3 is 86.7 Å². The lowest BCUT2D eigenvalue weighted by molar-refractivity contribution is -0.433. The van der Waals surface area contributed by atoms with Crippen molar-refractivity contribution in [2.75, 3.05) is 71.2 Å². The number of carboxylic acids is 5. The highest BCUT2D eigenvalue weighted by Crippen LogP contribution is 2.49. The number of carboxylic acid groups (broad SMARTS) is 5. The number of hydrogen-bond donors (Lipinski definition) is 13. The number of anilines is 1. The van der Waals surface area contributed by atoms with Crippen LogP contribution in [0.5, 0.6) is 0 Å². The summed E-state index contributed by atoms with van der Waals surface area (Å²) in [6, 6.07) is 10.4. The Balaban J connectivity index is 1.11. The number of carbonyl (C=O) groups is 18. The molecule has 1 aliphatic carbocycles. The van der Waals surface area contributed by atoms with Crippen molar-refractivity contribution in [3.63, 3.8) is 0 Å². The van der Waals surface area contributed by atoms with Crippen molar-refractivity contribution in [3.8, 4) is 0 Å². The smallest absolute Gasteiger partial charge is 0.407 e. The van der Waals surface area contributed by atoms with Crippen LogP contribution in [0, 0.1) is 42.4 Å². The number of nitrogens with zero attached hydrogens (tertiary/aromatic N) is 3. The van der Waals surface area contributed by atoms with Crippen LogP contribution < -0.4 is 42.1 Å². The van der Waals surface area contributed by atoms with Crippen molar-refractivity contribution in [2.24, 2.45) is 40.7 Å². The van der Waals surface area contributed by atoms with Crippen molar-refractivity contribution in [1.29, 1.82) is 0 Å². The topological polar surface area (TPSA) is 603 Å². The number of carbonyl (C=O) groups excluding carboxylic acids is 13. The molecule has 0 aromatic heterocycles. The Hall–Kier alpha value is -13.2. The van der Waals surface area contributed by atoms with Crippen LogP contribution in [0.4, 0.5) is 16.2 Å². The summed E-state index contributed by atoms with van der Waals surface area (Å²) in [7, 11) is -3.08. The maximum Gasteiger partial charge on any atom is 0.407 e. The van der Waals surface area contributed by atoms with Gasteiger partial charge in [-0.3, -0.25) is 86.1 Å². The zero-order chi connectivity index (χ0) is 111. The summed E-state index contributed by atoms with van der Waals surface area (Å²) in [5, 5.41) is 71.9. The molecular weight excluding hydrogens is 1960 g/mol. The summed E-state index contributed by atoms with van der Waals surface area (Å²) in [6.45, 7) is 22.2. The molecule has 0 bridgehead atoms. The molecule has 3 aliphatic rings. The zero-order valence-corrected chi connectivity index (χ0v) is 89.1. The van der Waals surface area contributed by atoms with E-state index in [1.54, 1.807) is 37.3 Å². The summed E-state index contributed by atoms with van der Waals surface area (Å²) in [5.74, 6) is -22.4. The average molecular weight is 2120 g/mol. The molecule has 13 N–H and O–H groups in total. The van der Waals surface area contributed by atoms with Crippen LogP contribution in [0.15, 0.2) is 119 Å². The summed E-state index contributed by atoms with van der Waals surface area (Å²) < 4.78 is 52.7. The molecule has 6 rings (SSSR count). The van der Waals surface area contributed by atoms with Crippen LogP contribution in [-0.2, 0) is 128 Å². The number of aliphatic carboxylic acids is 5. The number of oxime groups is 1. The van der Waals surface area contributed by atoms with Gasteiger partial charge in [0.05, 0.1) is 59.4 Å². The number of ketones is 6. The lowest BCUT2D eigenvalue weighted by Crippen LogP contribution is -2.49. The number of unbranched alkanes of at least 4 members (excludes halogenated alkanes) is 3. The predicted octanol–water partition coefficient (Wildman–Crippen LogP) is 11.5. The number of fused-ring (bicyclic) bond motifs is 2. The van der Waals surface area contributed by atoms with Crippen LogP contribution >= 0.6 is 0 Å². The van der Waals surface area contributed by atoms with Gasteiger partial charge in [0, 0.05) is 168 Å². The largest absolute Gasteiger partial charge is 0.481 e. The number of Topliss-reactive ketones (excluding diaryl/α,β-unsaturated/α-hetero) is 6. The molecule has 41 heteroatoms. The van der Waals surface area contributed by atoms with Gasteiger partial charge in [0.1, 0.15) is 26.4 Å². The van der Waals surface area contributed by atoms with Gasteiger partial charge in [-0.05, 0) is 190 Å². The summed E-state index contributed by atoms with van der Waals surface area (Å²) in [5.41, 5.74) is 7.66. The molecule has 3 aromatic rings. The third-order valence-corrected chi connectivity index (χ3v) is 27.7. The zero-order valence-electron chi connectivity index (χ0n) is 88.3. The molecule has 150 heavy (non-hydrogen) atoms. The van der Waals surface area contributed by atoms with Crippen molar-refractivity contribution in [2.45, 2.75) is 308 Å². The quantitative estimate of drug-likeness (QED) is 0.00623. The highest BCUT2D eigenvalue weighted by molar-refractivity contribution is 7.85. The Labute approximate surface area is 877 Å². The first kappa shape index (κ1) is 126. The summed E-state index contributed by atoms with van der Waals surface area (Å²) in [4.78, 5) is 249. The molecule has 1 fully saturated rings. The van der Waals surface area contributed by atoms with E-state index in [1.165, 1.54) is 41.8 Å². The standard InChI is InChI=1S/C109H152N10O30S/c1-13-27-89(121)85(60-68(3)4)116-106(141)79-29-25-28-78(79)94(126)67-147-56-26-31-90(122)86(62-72-36-38-73(39-37-72)70(6)117-149-57-54-111-107(142)148-59-58-146-12)115-105(140)76(42-50-100(132)133)65-93(125)84(45-52-102(136)137)114-104(139)75(41-49-99(130)131)64-92(124)83(44-51-101(134)135)113-103(138)74(40-48-98(128)129)63-91(123)82(112-71(7)120)30-22-23-53-110-97(127)34-21-18-24-55-119-88-47-43-77(150(143,144)145)66-81(88)109(10,11)96(119)33-20-17-15-16-19-32-95-108(8,9)80-61-69(5)35-46-87(80)118(95)14-2/h15-17,19-20,32-33,35-39,43,46-47,61,66,68,74-76,78-79,82-86H,13-14,18,21-31,34,40-42,44-45,48-60,62-65,67H2,1-12H3,(H12-,110,111,112,113,114,115,116,120,127,128,129,130,131,132,133,134,135,136,137,138,139,140,141,142,143,144,145)/p+1/b117-70+/t74-,75-,76-,78?,79+,82+,83+,84+,85-,86-/m0/s1. The second kappa shape index (κ2) is 63.1. The van der Waals surface area contributed by atoms with Crippen molar-refractivity contribution < 1.29 is 148 Å². The molecule has 0 saturated heterocycles. The second-order valence-corrected chi connectivity index (χ2v) is 41.3. The Kier molecular flexibility index (Phi) is 52.8. The summed E-state index contributed by atoms with van der Waals surface area (Å²) >= 11 is 0. The first-order chi connectivity index (χ1) is 71.0. The molecular formula is C109H153N10O30S+. The molecule has 1 saturated carbocycles. The van der Waals surface area contributed by atoms with E-state index in [0.29, 0.717) is 86.7 Å². The number of benzene rings is 3. The first-order valence-corrected chi connectivity index (χ1v) is 53.1. The minimum atomic E-state index is -4.53. The first-order valence-electron chi connectivity index (χ1n) is 51.6. The Morgan fingerprint density at radius 1 is 0.533 bits per heavy atom. The number of ether oxygens (including phenoxy) is 3. The number of hydrogen-bond acceptors (Lipinski definition) is 26. The fourth-order valence-electron chi connectivity index (χ4n) is 18.7. The normalized spacial score (nSPS) is 16.6. The highest BCUT2D eigenvalue weighted by atomic mass is 32.2. The van der Waals surface area contributed by atoms with E-state index in [4.69, 9.17) is 19.0 Å². The lowest BCUT2D eigenvalue weighted by atomic mass is 9.81. The monoisotopic (exact) mass is 2110 g/mol. The van der Waals surface area contributed by atoms with Crippen LogP contribution in [0.2, 0.25) is 0 Å². The number of aryl methyl sites for hydroxylation is 1. The van der Waals surface area contributed by atoms with Gasteiger partial charge in [-0.25, -0.2) is 4.79 Å². The van der Waals surface area contributed by atoms with E-state index in [-0.39, 0.29) is 118 Å². The fraction of sp³-hybridized carbons (Fsp3) is 0.578. The van der Waals surface area contributed by atoms with Gasteiger partial charge in [0.2, 0.25) is 41.1 Å². The predicted molar refractivity (Wildman–Crippen MR) is 556 cm³/mol. The van der Waals surface area contributed by atoms with Crippen molar-refractivity contribution in [1.82, 2.24) is 37.2 Å². The maximum atomic E-state index is 14.8. The van der Waals surface area contributed by atoms with Crippen LogP contribution in [0.1, 0.15) is 277 Å². The van der Waals surface area contributed by atoms with E-state index in [0.717, 1.165) is 24.9 Å². The number of amides is 7. The van der Waals surface area contributed by atoms with Crippen LogP contribution in [-0.4, -0.2) is 257 Å². The van der Waals surface area contributed by atoms with Gasteiger partial charge in [-0.1, -0.05) is 119 Å². The van der Waals surface area contributed by atoms with Crippen LogP contribution in [0.25, 0.3) is 0 Å². The van der Waals surface area contributed by atoms with Gasteiger partial charge in [0.25, 0.3) is 10.1 Å². The number of nitrogens with one attached hydrogen (secondary N) is 7.